The molecule has 1 aliphatic rings. The zero-order chi connectivity index (χ0) is 14.7. The molecule has 1 heterocycles. The summed E-state index contributed by atoms with van der Waals surface area (Å²) in [4.78, 5) is 12.0. The van der Waals surface area contributed by atoms with Crippen LogP contribution in [-0.4, -0.2) is 18.9 Å². The van der Waals surface area contributed by atoms with Gasteiger partial charge < -0.3 is 9.47 Å². The third-order valence-electron chi connectivity index (χ3n) is 2.89. The van der Waals surface area contributed by atoms with E-state index in [0.29, 0.717) is 11.3 Å². The molecular formula is C15H11IN2O3. The summed E-state index contributed by atoms with van der Waals surface area (Å²) in [6.07, 6.45) is 1.57. The van der Waals surface area contributed by atoms with E-state index in [1.54, 1.807) is 12.3 Å². The van der Waals surface area contributed by atoms with Gasteiger partial charge in [0, 0.05) is 3.57 Å². The molecule has 0 fully saturated rings. The second-order valence-corrected chi connectivity index (χ2v) is 5.45. The van der Waals surface area contributed by atoms with E-state index < -0.39 is 0 Å². The number of amides is 1. The van der Waals surface area contributed by atoms with Gasteiger partial charge in [0.2, 0.25) is 6.79 Å². The fourth-order valence-electron chi connectivity index (χ4n) is 1.86. The molecule has 21 heavy (non-hydrogen) atoms. The van der Waals surface area contributed by atoms with Crippen molar-refractivity contribution in [3.63, 3.8) is 0 Å². The van der Waals surface area contributed by atoms with Gasteiger partial charge in [0.25, 0.3) is 5.91 Å². The predicted molar refractivity (Wildman–Crippen MR) is 86.8 cm³/mol. The lowest BCUT2D eigenvalue weighted by atomic mass is 10.2. The number of hydrazone groups is 1. The molecule has 2 aromatic rings. The average Bonchev–Trinajstić information content (AvgIpc) is 2.95. The maximum atomic E-state index is 12.0. The molecule has 1 aliphatic heterocycles. The van der Waals surface area contributed by atoms with E-state index in [9.17, 15) is 4.79 Å². The van der Waals surface area contributed by atoms with Gasteiger partial charge in [-0.1, -0.05) is 12.1 Å². The number of rotatable bonds is 3. The van der Waals surface area contributed by atoms with Crippen LogP contribution in [0.1, 0.15) is 15.9 Å². The van der Waals surface area contributed by atoms with Crippen molar-refractivity contribution >= 4 is 34.7 Å². The van der Waals surface area contributed by atoms with Gasteiger partial charge in [0.05, 0.1) is 11.8 Å². The molecule has 0 bridgehead atoms. The molecular weight excluding hydrogens is 383 g/mol. The minimum Gasteiger partial charge on any atom is -0.454 e. The number of hydrogen-bond acceptors (Lipinski definition) is 4. The monoisotopic (exact) mass is 394 g/mol. The van der Waals surface area contributed by atoms with E-state index >= 15 is 0 Å². The van der Waals surface area contributed by atoms with Gasteiger partial charge in [-0.25, -0.2) is 5.43 Å². The molecule has 0 unspecified atom stereocenters. The van der Waals surface area contributed by atoms with Crippen molar-refractivity contribution in [2.24, 2.45) is 5.10 Å². The van der Waals surface area contributed by atoms with E-state index in [-0.39, 0.29) is 12.7 Å². The van der Waals surface area contributed by atoms with Crippen LogP contribution in [0.4, 0.5) is 0 Å². The molecule has 1 N–H and O–H groups in total. The summed E-state index contributed by atoms with van der Waals surface area (Å²) in [5.74, 6) is 1.16. The van der Waals surface area contributed by atoms with E-state index in [0.717, 1.165) is 14.9 Å². The Hall–Kier alpha value is -2.09. The summed E-state index contributed by atoms with van der Waals surface area (Å²) >= 11 is 2.12. The minimum absolute atomic E-state index is 0.235. The summed E-state index contributed by atoms with van der Waals surface area (Å²) in [5.41, 5.74) is 3.93. The molecule has 0 saturated heterocycles. The fraction of sp³-hybridized carbons (Fsp3) is 0.0667. The number of benzene rings is 2. The van der Waals surface area contributed by atoms with Gasteiger partial charge in [0.15, 0.2) is 11.5 Å². The molecule has 0 aromatic heterocycles. The van der Waals surface area contributed by atoms with Crippen molar-refractivity contribution in [2.75, 3.05) is 6.79 Å². The standard InChI is InChI=1S/C15H11IN2O3/c16-12-4-2-1-3-11(12)15(19)18-17-8-10-5-6-13-14(7-10)21-9-20-13/h1-8H,9H2,(H,18,19)/b17-8-. The zero-order valence-electron chi connectivity index (χ0n) is 10.9. The Kier molecular flexibility index (Phi) is 4.05. The molecule has 5 nitrogen and oxygen atoms in total. The first-order valence-electron chi connectivity index (χ1n) is 6.21. The Morgan fingerprint density at radius 3 is 2.86 bits per heavy atom. The lowest BCUT2D eigenvalue weighted by Gasteiger charge is -2.02. The van der Waals surface area contributed by atoms with Crippen molar-refractivity contribution in [2.45, 2.75) is 0 Å². The van der Waals surface area contributed by atoms with Gasteiger partial charge >= 0.3 is 0 Å². The van der Waals surface area contributed by atoms with Gasteiger partial charge in [-0.3, -0.25) is 4.79 Å². The highest BCUT2D eigenvalue weighted by Gasteiger charge is 2.12. The second kappa shape index (κ2) is 6.13. The molecule has 0 aliphatic carbocycles. The van der Waals surface area contributed by atoms with Crippen LogP contribution < -0.4 is 14.9 Å². The molecule has 0 atom stereocenters. The van der Waals surface area contributed by atoms with Crippen LogP contribution in [0.2, 0.25) is 0 Å². The van der Waals surface area contributed by atoms with Crippen molar-refractivity contribution < 1.29 is 14.3 Å². The molecule has 0 radical (unpaired) electrons. The topological polar surface area (TPSA) is 59.9 Å². The van der Waals surface area contributed by atoms with Crippen LogP contribution in [0, 0.1) is 3.57 Å². The van der Waals surface area contributed by atoms with Crippen LogP contribution in [0.5, 0.6) is 11.5 Å². The Labute approximate surface area is 135 Å². The smallest absolute Gasteiger partial charge is 0.272 e. The first-order chi connectivity index (χ1) is 10.2. The third-order valence-corrected chi connectivity index (χ3v) is 3.84. The normalized spacial score (nSPS) is 12.6. The first kappa shape index (κ1) is 13.9. The van der Waals surface area contributed by atoms with E-state index in [2.05, 4.69) is 33.1 Å². The lowest BCUT2D eigenvalue weighted by molar-refractivity contribution is 0.0954. The van der Waals surface area contributed by atoms with Gasteiger partial charge in [-0.15, -0.1) is 0 Å². The Morgan fingerprint density at radius 2 is 2.00 bits per heavy atom. The summed E-state index contributed by atoms with van der Waals surface area (Å²) in [5, 5.41) is 3.96. The maximum Gasteiger partial charge on any atom is 0.272 e. The Bertz CT molecular complexity index is 716. The number of nitrogens with zero attached hydrogens (tertiary/aromatic N) is 1. The van der Waals surface area contributed by atoms with Gasteiger partial charge in [0.1, 0.15) is 0 Å². The van der Waals surface area contributed by atoms with E-state index in [1.807, 2.05) is 36.4 Å². The molecule has 6 heteroatoms. The fourth-order valence-corrected chi connectivity index (χ4v) is 2.50. The number of carbonyl (C=O) groups excluding carboxylic acids is 1. The lowest BCUT2D eigenvalue weighted by Crippen LogP contribution is -2.18. The predicted octanol–water partition coefficient (Wildman–Crippen LogP) is 2.78. The number of carbonyl (C=O) groups is 1. The summed E-state index contributed by atoms with van der Waals surface area (Å²) < 4.78 is 11.4. The highest BCUT2D eigenvalue weighted by atomic mass is 127. The van der Waals surface area contributed by atoms with Crippen molar-refractivity contribution in [1.82, 2.24) is 5.43 Å². The van der Waals surface area contributed by atoms with Crippen LogP contribution in [0.15, 0.2) is 47.6 Å². The highest BCUT2D eigenvalue weighted by molar-refractivity contribution is 14.1. The molecule has 0 spiro atoms. The maximum absolute atomic E-state index is 12.0. The summed E-state index contributed by atoms with van der Waals surface area (Å²) in [7, 11) is 0. The van der Waals surface area contributed by atoms with Crippen LogP contribution in [-0.2, 0) is 0 Å². The number of ether oxygens (including phenoxy) is 2. The molecule has 0 saturated carbocycles. The quantitative estimate of drug-likeness (QED) is 0.495. The minimum atomic E-state index is -0.239. The Morgan fingerprint density at radius 1 is 1.19 bits per heavy atom. The van der Waals surface area contributed by atoms with E-state index in [1.165, 1.54) is 0 Å². The largest absolute Gasteiger partial charge is 0.454 e. The van der Waals surface area contributed by atoms with Crippen molar-refractivity contribution in [3.8, 4) is 11.5 Å². The third kappa shape index (κ3) is 3.15. The first-order valence-corrected chi connectivity index (χ1v) is 7.29. The number of hydrogen-bond donors (Lipinski definition) is 1. The molecule has 2 aromatic carbocycles. The summed E-state index contributed by atoms with van der Waals surface area (Å²) in [6.45, 7) is 0.235. The van der Waals surface area contributed by atoms with Crippen molar-refractivity contribution in [3.05, 3.63) is 57.2 Å². The number of fused-ring (bicyclic) bond motifs is 1. The highest BCUT2D eigenvalue weighted by Crippen LogP contribution is 2.31. The molecule has 106 valence electrons. The average molecular weight is 394 g/mol. The molecule has 3 rings (SSSR count). The van der Waals surface area contributed by atoms with Crippen LogP contribution in [0.3, 0.4) is 0 Å². The number of halogens is 1. The van der Waals surface area contributed by atoms with Gasteiger partial charge in [-0.2, -0.15) is 5.10 Å². The summed E-state index contributed by atoms with van der Waals surface area (Å²) in [6, 6.07) is 12.8. The second-order valence-electron chi connectivity index (χ2n) is 4.29. The Balaban J connectivity index is 1.67. The van der Waals surface area contributed by atoms with Crippen LogP contribution in [0.25, 0.3) is 0 Å². The molecule has 1 amide bonds. The van der Waals surface area contributed by atoms with Crippen LogP contribution >= 0.6 is 22.6 Å². The van der Waals surface area contributed by atoms with Gasteiger partial charge in [-0.05, 0) is 58.5 Å². The SMILES string of the molecule is O=C(N/N=C\c1ccc2c(c1)OCO2)c1ccccc1I. The zero-order valence-corrected chi connectivity index (χ0v) is 13.0. The van der Waals surface area contributed by atoms with E-state index in [4.69, 9.17) is 9.47 Å². The van der Waals surface area contributed by atoms with Crippen molar-refractivity contribution in [1.29, 1.82) is 0 Å². The number of nitrogens with one attached hydrogen (secondary N) is 1.